The van der Waals surface area contributed by atoms with Crippen molar-refractivity contribution in [2.75, 3.05) is 28.6 Å². The van der Waals surface area contributed by atoms with E-state index in [1.54, 1.807) is 36.4 Å². The topological polar surface area (TPSA) is 112 Å². The predicted octanol–water partition coefficient (Wildman–Crippen LogP) is 4.28. The first-order valence-corrected chi connectivity index (χ1v) is 11.2. The molecular formula is C25H25ClN6O2. The second-order valence-corrected chi connectivity index (χ2v) is 8.27. The van der Waals surface area contributed by atoms with Crippen LogP contribution in [0.4, 0.5) is 21.9 Å². The number of aliphatic imine (C=N–C) groups is 1. The van der Waals surface area contributed by atoms with E-state index in [-0.39, 0.29) is 5.91 Å². The van der Waals surface area contributed by atoms with E-state index in [1.807, 2.05) is 48.2 Å². The number of nitrogens with one attached hydrogen (secondary N) is 3. The van der Waals surface area contributed by atoms with Crippen molar-refractivity contribution in [3.8, 4) is 0 Å². The molecule has 3 aromatic carbocycles. The highest BCUT2D eigenvalue weighted by Gasteiger charge is 2.24. The van der Waals surface area contributed by atoms with Crippen molar-refractivity contribution in [3.63, 3.8) is 0 Å². The number of nitrogens with zero attached hydrogens (tertiary/aromatic N) is 2. The maximum Gasteiger partial charge on any atom is 0.320 e. The van der Waals surface area contributed by atoms with Gasteiger partial charge in [-0.05, 0) is 60.5 Å². The van der Waals surface area contributed by atoms with Gasteiger partial charge < -0.3 is 26.6 Å². The van der Waals surface area contributed by atoms with Crippen LogP contribution in [0.2, 0.25) is 5.02 Å². The quantitative estimate of drug-likeness (QED) is 0.425. The first-order chi connectivity index (χ1) is 16.4. The van der Waals surface area contributed by atoms with Crippen molar-refractivity contribution in [2.45, 2.75) is 13.0 Å². The fraction of sp³-hybridized carbons (Fsp3) is 0.160. The zero-order valence-electron chi connectivity index (χ0n) is 18.6. The Morgan fingerprint density at radius 1 is 1.00 bits per heavy atom. The smallest absolute Gasteiger partial charge is 0.320 e. The number of carbonyl (C=O) groups excluding carboxylic acids is 2. The fourth-order valence-corrected chi connectivity index (χ4v) is 3.86. The number of carbonyl (C=O) groups is 2. The summed E-state index contributed by atoms with van der Waals surface area (Å²) in [6.07, 6.45) is 0. The number of benzene rings is 3. The molecule has 1 unspecified atom stereocenters. The van der Waals surface area contributed by atoms with Crippen molar-refractivity contribution in [1.29, 1.82) is 0 Å². The Bertz CT molecular complexity index is 1210. The molecule has 0 bridgehead atoms. The van der Waals surface area contributed by atoms with Gasteiger partial charge in [0.25, 0.3) is 5.91 Å². The highest BCUT2D eigenvalue weighted by atomic mass is 35.5. The Hall–Kier alpha value is -4.04. The second-order valence-electron chi connectivity index (χ2n) is 7.83. The first-order valence-electron chi connectivity index (χ1n) is 10.8. The molecule has 3 aromatic rings. The van der Waals surface area contributed by atoms with Gasteiger partial charge in [-0.3, -0.25) is 9.79 Å². The number of guanidine groups is 1. The zero-order chi connectivity index (χ0) is 24.1. The summed E-state index contributed by atoms with van der Waals surface area (Å²) in [6, 6.07) is 19.9. The van der Waals surface area contributed by atoms with E-state index in [0.29, 0.717) is 34.5 Å². The summed E-state index contributed by atoms with van der Waals surface area (Å²) in [4.78, 5) is 32.0. The third kappa shape index (κ3) is 5.47. The fourth-order valence-electron chi connectivity index (χ4n) is 3.74. The summed E-state index contributed by atoms with van der Waals surface area (Å²) in [6.45, 7) is 3.33. The third-order valence-corrected chi connectivity index (χ3v) is 5.65. The van der Waals surface area contributed by atoms with Gasteiger partial charge in [0, 0.05) is 28.6 Å². The van der Waals surface area contributed by atoms with Gasteiger partial charge in [-0.15, -0.1) is 0 Å². The molecule has 0 saturated carbocycles. The summed E-state index contributed by atoms with van der Waals surface area (Å²) < 4.78 is 0. The number of rotatable bonds is 6. The Labute approximate surface area is 202 Å². The summed E-state index contributed by atoms with van der Waals surface area (Å²) in [5, 5.41) is 8.95. The molecule has 9 heteroatoms. The molecule has 0 fully saturated rings. The Morgan fingerprint density at radius 3 is 2.35 bits per heavy atom. The molecule has 34 heavy (non-hydrogen) atoms. The molecule has 4 rings (SSSR count). The molecule has 0 spiro atoms. The number of amides is 3. The zero-order valence-corrected chi connectivity index (χ0v) is 19.3. The SMILES string of the molecule is Cc1cc(NC(=O)C(NC(=O)Nc2ccc(Cl)cc2)c2ccccc2)ccc1N1CCN=C1N. The molecule has 5 N–H and O–H groups in total. The van der Waals surface area contributed by atoms with E-state index in [1.165, 1.54) is 0 Å². The number of anilines is 3. The van der Waals surface area contributed by atoms with Gasteiger partial charge in [0.1, 0.15) is 6.04 Å². The van der Waals surface area contributed by atoms with E-state index in [0.717, 1.165) is 17.8 Å². The van der Waals surface area contributed by atoms with Crippen LogP contribution in [0.1, 0.15) is 17.2 Å². The largest absolute Gasteiger partial charge is 0.370 e. The summed E-state index contributed by atoms with van der Waals surface area (Å²) in [5.74, 6) is 0.117. The minimum Gasteiger partial charge on any atom is -0.370 e. The Kier molecular flexibility index (Phi) is 6.98. The molecule has 8 nitrogen and oxygen atoms in total. The van der Waals surface area contributed by atoms with Crippen LogP contribution in [0.25, 0.3) is 0 Å². The number of nitrogens with two attached hydrogens (primary N) is 1. The van der Waals surface area contributed by atoms with Crippen LogP contribution in [0.3, 0.4) is 0 Å². The lowest BCUT2D eigenvalue weighted by molar-refractivity contribution is -0.118. The van der Waals surface area contributed by atoms with Crippen LogP contribution >= 0.6 is 11.6 Å². The lowest BCUT2D eigenvalue weighted by atomic mass is 10.1. The van der Waals surface area contributed by atoms with Crippen LogP contribution in [0.15, 0.2) is 77.8 Å². The maximum atomic E-state index is 13.2. The molecule has 0 aromatic heterocycles. The predicted molar refractivity (Wildman–Crippen MR) is 136 cm³/mol. The third-order valence-electron chi connectivity index (χ3n) is 5.40. The average molecular weight is 477 g/mol. The molecule has 0 saturated heterocycles. The molecule has 1 aliphatic rings. The molecule has 0 radical (unpaired) electrons. The summed E-state index contributed by atoms with van der Waals surface area (Å²) in [5.41, 5.74) is 9.68. The number of hydrogen-bond donors (Lipinski definition) is 4. The number of halogens is 1. The van der Waals surface area contributed by atoms with Gasteiger partial charge in [-0.25, -0.2) is 4.79 Å². The van der Waals surface area contributed by atoms with Crippen molar-refractivity contribution >= 4 is 46.6 Å². The Morgan fingerprint density at radius 2 is 1.71 bits per heavy atom. The van der Waals surface area contributed by atoms with Crippen molar-refractivity contribution < 1.29 is 9.59 Å². The molecule has 1 atom stereocenters. The van der Waals surface area contributed by atoms with Gasteiger partial charge in [-0.1, -0.05) is 41.9 Å². The van der Waals surface area contributed by atoms with Crippen molar-refractivity contribution in [3.05, 3.63) is 88.9 Å². The van der Waals surface area contributed by atoms with Crippen LogP contribution in [-0.4, -0.2) is 31.0 Å². The number of aryl methyl sites for hydroxylation is 1. The molecule has 0 aliphatic carbocycles. The second kappa shape index (κ2) is 10.3. The standard InChI is InChI=1S/C25H25ClN6O2/c1-16-15-20(11-12-21(16)32-14-13-28-24(32)27)29-23(33)22(17-5-3-2-4-6-17)31-25(34)30-19-9-7-18(26)8-10-19/h2-12,15,22H,13-14H2,1H3,(H2,27,28)(H,29,33)(H2,30,31,34). The number of hydrogen-bond acceptors (Lipinski definition) is 5. The molecule has 1 aliphatic heterocycles. The Balaban J connectivity index is 1.49. The van der Waals surface area contributed by atoms with Gasteiger partial charge in [0.15, 0.2) is 5.96 Å². The minimum atomic E-state index is -0.908. The number of urea groups is 1. The van der Waals surface area contributed by atoms with Crippen LogP contribution in [0.5, 0.6) is 0 Å². The van der Waals surface area contributed by atoms with Crippen LogP contribution < -0.4 is 26.6 Å². The van der Waals surface area contributed by atoms with E-state index in [2.05, 4.69) is 20.9 Å². The van der Waals surface area contributed by atoms with Gasteiger partial charge >= 0.3 is 6.03 Å². The van der Waals surface area contributed by atoms with Crippen LogP contribution in [-0.2, 0) is 4.79 Å². The van der Waals surface area contributed by atoms with E-state index in [4.69, 9.17) is 17.3 Å². The summed E-state index contributed by atoms with van der Waals surface area (Å²) in [7, 11) is 0. The minimum absolute atomic E-state index is 0.369. The van der Waals surface area contributed by atoms with E-state index in [9.17, 15) is 9.59 Å². The summed E-state index contributed by atoms with van der Waals surface area (Å²) >= 11 is 5.90. The highest BCUT2D eigenvalue weighted by Crippen LogP contribution is 2.26. The van der Waals surface area contributed by atoms with Gasteiger partial charge in [-0.2, -0.15) is 0 Å². The molecule has 3 amide bonds. The molecule has 174 valence electrons. The highest BCUT2D eigenvalue weighted by molar-refractivity contribution is 6.30. The van der Waals surface area contributed by atoms with E-state index < -0.39 is 12.1 Å². The van der Waals surface area contributed by atoms with Crippen LogP contribution in [0, 0.1) is 6.92 Å². The lowest BCUT2D eigenvalue weighted by Gasteiger charge is -2.22. The maximum absolute atomic E-state index is 13.2. The van der Waals surface area contributed by atoms with Gasteiger partial charge in [0.2, 0.25) is 0 Å². The van der Waals surface area contributed by atoms with Crippen molar-refractivity contribution in [2.24, 2.45) is 10.7 Å². The average Bonchev–Trinajstić information content (AvgIpc) is 3.25. The normalized spacial score (nSPS) is 13.7. The van der Waals surface area contributed by atoms with Gasteiger partial charge in [0.05, 0.1) is 6.54 Å². The lowest BCUT2D eigenvalue weighted by Crippen LogP contribution is -2.39. The molecular weight excluding hydrogens is 452 g/mol. The molecule has 1 heterocycles. The van der Waals surface area contributed by atoms with Crippen molar-refractivity contribution in [1.82, 2.24) is 5.32 Å². The monoisotopic (exact) mass is 476 g/mol. The first kappa shape index (κ1) is 23.1. The van der Waals surface area contributed by atoms with E-state index >= 15 is 0 Å².